The highest BCUT2D eigenvalue weighted by atomic mass is 79.9. The summed E-state index contributed by atoms with van der Waals surface area (Å²) >= 11 is 3.40. The van der Waals surface area contributed by atoms with Crippen LogP contribution in [0, 0.1) is 18.7 Å². The normalized spacial score (nSPS) is 20.1. The van der Waals surface area contributed by atoms with E-state index in [9.17, 15) is 9.18 Å². The van der Waals surface area contributed by atoms with Crippen molar-refractivity contribution in [2.75, 3.05) is 11.9 Å². The summed E-state index contributed by atoms with van der Waals surface area (Å²) in [6.07, 6.45) is 0.597. The zero-order chi connectivity index (χ0) is 12.4. The van der Waals surface area contributed by atoms with E-state index in [1.807, 2.05) is 6.07 Å². The maximum absolute atomic E-state index is 13.4. The van der Waals surface area contributed by atoms with Crippen LogP contribution in [0.25, 0.3) is 0 Å². The third kappa shape index (κ3) is 2.86. The second kappa shape index (κ2) is 5.17. The van der Waals surface area contributed by atoms with Gasteiger partial charge in [-0.3, -0.25) is 4.79 Å². The van der Waals surface area contributed by atoms with Crippen molar-refractivity contribution in [3.63, 3.8) is 0 Å². The van der Waals surface area contributed by atoms with E-state index in [4.69, 9.17) is 0 Å². The van der Waals surface area contributed by atoms with Gasteiger partial charge in [-0.1, -0.05) is 28.1 Å². The minimum Gasteiger partial charge on any atom is -0.338 e. The number of hydrogen-bond donors (Lipinski definition) is 0. The van der Waals surface area contributed by atoms with Crippen LogP contribution < -0.4 is 0 Å². The lowest BCUT2D eigenvalue weighted by atomic mass is 10.1. The molecule has 0 radical (unpaired) electrons. The highest BCUT2D eigenvalue weighted by Gasteiger charge is 2.28. The summed E-state index contributed by atoms with van der Waals surface area (Å²) in [6, 6.07) is 5.16. The molecule has 1 amide bonds. The molecule has 1 unspecified atom stereocenters. The molecule has 0 bridgehead atoms. The first-order valence-corrected chi connectivity index (χ1v) is 6.81. The largest absolute Gasteiger partial charge is 0.338 e. The Kier molecular flexibility index (Phi) is 3.82. The number of carbonyl (C=O) groups excluding carboxylic acids is 1. The molecule has 1 heterocycles. The van der Waals surface area contributed by atoms with E-state index in [0.717, 1.165) is 17.4 Å². The highest BCUT2D eigenvalue weighted by molar-refractivity contribution is 9.09. The van der Waals surface area contributed by atoms with Crippen molar-refractivity contribution in [3.8, 4) is 0 Å². The lowest BCUT2D eigenvalue weighted by Crippen LogP contribution is -2.24. The molecule has 2 nitrogen and oxygen atoms in total. The van der Waals surface area contributed by atoms with Crippen molar-refractivity contribution >= 4 is 21.8 Å². The van der Waals surface area contributed by atoms with Gasteiger partial charge in [-0.15, -0.1) is 0 Å². The van der Waals surface area contributed by atoms with Crippen LogP contribution in [0.15, 0.2) is 18.2 Å². The van der Waals surface area contributed by atoms with Crippen LogP contribution in [0.2, 0.25) is 0 Å². The molecule has 0 aromatic heterocycles. The van der Waals surface area contributed by atoms with Gasteiger partial charge in [-0.05, 0) is 30.0 Å². The van der Waals surface area contributed by atoms with E-state index in [-0.39, 0.29) is 11.7 Å². The van der Waals surface area contributed by atoms with Gasteiger partial charge in [0, 0.05) is 24.8 Å². The Bertz CT molecular complexity index is 435. The van der Waals surface area contributed by atoms with Gasteiger partial charge in [-0.25, -0.2) is 4.39 Å². The fourth-order valence-electron chi connectivity index (χ4n) is 2.07. The summed E-state index contributed by atoms with van der Waals surface area (Å²) in [6.45, 7) is 3.01. The second-order valence-corrected chi connectivity index (χ2v) is 5.23. The van der Waals surface area contributed by atoms with Gasteiger partial charge >= 0.3 is 0 Å². The van der Waals surface area contributed by atoms with E-state index in [1.165, 1.54) is 6.07 Å². The third-order valence-corrected chi connectivity index (χ3v) is 4.04. The Morgan fingerprint density at radius 1 is 1.53 bits per heavy atom. The molecule has 0 saturated carbocycles. The van der Waals surface area contributed by atoms with Crippen LogP contribution >= 0.6 is 15.9 Å². The summed E-state index contributed by atoms with van der Waals surface area (Å²) in [4.78, 5) is 13.5. The monoisotopic (exact) mass is 299 g/mol. The molecule has 4 heteroatoms. The van der Waals surface area contributed by atoms with Crippen molar-refractivity contribution in [1.82, 2.24) is 4.90 Å². The number of alkyl halides is 1. The first-order chi connectivity index (χ1) is 8.10. The number of likely N-dealkylation sites (tertiary alicyclic amines) is 1. The number of carbonyl (C=O) groups is 1. The predicted octanol–water partition coefficient (Wildman–Crippen LogP) is 2.88. The molecule has 0 spiro atoms. The Labute approximate surface area is 109 Å². The molecule has 2 rings (SSSR count). The second-order valence-electron chi connectivity index (χ2n) is 4.58. The van der Waals surface area contributed by atoms with Crippen LogP contribution in [0.4, 0.5) is 4.39 Å². The van der Waals surface area contributed by atoms with Gasteiger partial charge in [0.15, 0.2) is 0 Å². The lowest BCUT2D eigenvalue weighted by Gasteiger charge is -2.16. The Balaban J connectivity index is 2.06. The summed E-state index contributed by atoms with van der Waals surface area (Å²) in [5.74, 6) is 0.347. The minimum absolute atomic E-state index is 0.162. The first-order valence-electron chi connectivity index (χ1n) is 5.69. The Morgan fingerprint density at radius 3 is 2.88 bits per heavy atom. The first kappa shape index (κ1) is 12.6. The summed E-state index contributed by atoms with van der Waals surface area (Å²) in [5, 5.41) is 0.845. The van der Waals surface area contributed by atoms with E-state index in [2.05, 4.69) is 15.9 Å². The topological polar surface area (TPSA) is 20.3 Å². The molecular weight excluding hydrogens is 285 g/mol. The average molecular weight is 300 g/mol. The Hall–Kier alpha value is -0.900. The molecule has 0 aliphatic carbocycles. The predicted molar refractivity (Wildman–Crippen MR) is 68.5 cm³/mol. The molecule has 1 atom stereocenters. The van der Waals surface area contributed by atoms with Crippen molar-refractivity contribution in [1.29, 1.82) is 0 Å². The zero-order valence-corrected chi connectivity index (χ0v) is 11.3. The van der Waals surface area contributed by atoms with E-state index >= 15 is 0 Å². The molecule has 1 aromatic rings. The number of nitrogens with zero attached hydrogens (tertiary/aromatic N) is 1. The lowest BCUT2D eigenvalue weighted by molar-refractivity contribution is -0.128. The third-order valence-electron chi connectivity index (χ3n) is 3.12. The van der Waals surface area contributed by atoms with Gasteiger partial charge in [0.2, 0.25) is 5.91 Å². The highest BCUT2D eigenvalue weighted by Crippen LogP contribution is 2.22. The number of hydrogen-bond acceptors (Lipinski definition) is 1. The summed E-state index contributed by atoms with van der Waals surface area (Å²) in [7, 11) is 0. The fraction of sp³-hybridized carbons (Fsp3) is 0.462. The van der Waals surface area contributed by atoms with Crippen molar-refractivity contribution in [3.05, 3.63) is 35.1 Å². The van der Waals surface area contributed by atoms with Gasteiger partial charge in [0.1, 0.15) is 5.82 Å². The van der Waals surface area contributed by atoms with Gasteiger partial charge in [0.25, 0.3) is 0 Å². The zero-order valence-electron chi connectivity index (χ0n) is 9.75. The van der Waals surface area contributed by atoms with Crippen LogP contribution in [0.1, 0.15) is 17.5 Å². The average Bonchev–Trinajstić information content (AvgIpc) is 2.65. The number of amides is 1. The van der Waals surface area contributed by atoms with Gasteiger partial charge < -0.3 is 4.90 Å². The Morgan fingerprint density at radius 2 is 2.29 bits per heavy atom. The van der Waals surface area contributed by atoms with Gasteiger partial charge in [0.05, 0.1) is 0 Å². The van der Waals surface area contributed by atoms with Crippen LogP contribution in [-0.4, -0.2) is 22.7 Å². The molecule has 1 saturated heterocycles. The molecule has 0 N–H and O–H groups in total. The number of rotatable bonds is 3. The quantitative estimate of drug-likeness (QED) is 0.786. The summed E-state index contributed by atoms with van der Waals surface area (Å²) in [5.41, 5.74) is 1.50. The maximum atomic E-state index is 13.4. The molecule has 1 aliphatic rings. The SMILES string of the molecule is Cc1ccc(CN2CC(CBr)CC2=O)cc1F. The number of aryl methyl sites for hydroxylation is 1. The molecule has 1 fully saturated rings. The molecular formula is C13H15BrFNO. The maximum Gasteiger partial charge on any atom is 0.223 e. The van der Waals surface area contributed by atoms with Crippen molar-refractivity contribution in [2.45, 2.75) is 19.9 Å². The van der Waals surface area contributed by atoms with Crippen LogP contribution in [0.3, 0.4) is 0 Å². The molecule has 17 heavy (non-hydrogen) atoms. The standard InChI is InChI=1S/C13H15BrFNO/c1-9-2-3-10(4-12(9)15)7-16-8-11(6-14)5-13(16)17/h2-4,11H,5-8H2,1H3. The minimum atomic E-state index is -0.203. The van der Waals surface area contributed by atoms with E-state index in [0.29, 0.717) is 24.4 Å². The van der Waals surface area contributed by atoms with Crippen LogP contribution in [0.5, 0.6) is 0 Å². The van der Waals surface area contributed by atoms with E-state index < -0.39 is 0 Å². The fourth-order valence-corrected chi connectivity index (χ4v) is 2.50. The molecule has 1 aliphatic heterocycles. The smallest absolute Gasteiger partial charge is 0.223 e. The van der Waals surface area contributed by atoms with Crippen LogP contribution in [-0.2, 0) is 11.3 Å². The van der Waals surface area contributed by atoms with Crippen molar-refractivity contribution < 1.29 is 9.18 Å². The van der Waals surface area contributed by atoms with E-state index in [1.54, 1.807) is 17.9 Å². The number of benzene rings is 1. The molecule has 92 valence electrons. The summed E-state index contributed by atoms with van der Waals surface area (Å²) < 4.78 is 13.4. The van der Waals surface area contributed by atoms with Gasteiger partial charge in [-0.2, -0.15) is 0 Å². The van der Waals surface area contributed by atoms with Crippen molar-refractivity contribution in [2.24, 2.45) is 5.92 Å². The molecule has 1 aromatic carbocycles. The number of halogens is 2.